The number of cyclic esters (lactones) is 1. The minimum absolute atomic E-state index is 0.0726. The van der Waals surface area contributed by atoms with Crippen LogP contribution in [-0.2, 0) is 9.47 Å². The van der Waals surface area contributed by atoms with Gasteiger partial charge in [0.2, 0.25) is 0 Å². The van der Waals surface area contributed by atoms with Crippen LogP contribution < -0.4 is 4.74 Å². The molecule has 1 aromatic rings. The molecule has 0 spiro atoms. The molecule has 1 aliphatic rings. The third-order valence-corrected chi connectivity index (χ3v) is 3.55. The van der Waals surface area contributed by atoms with Gasteiger partial charge in [0.15, 0.2) is 0 Å². The van der Waals surface area contributed by atoms with Crippen molar-refractivity contribution in [1.29, 1.82) is 0 Å². The Morgan fingerprint density at radius 1 is 1.32 bits per heavy atom. The Kier molecular flexibility index (Phi) is 6.07. The number of carbonyl (C=O) groups excluding carboxylic acids is 1. The number of rotatable bonds is 8. The fraction of sp³-hybridized carbons (Fsp3) is 0.588. The second kappa shape index (κ2) is 8.03. The highest BCUT2D eigenvalue weighted by Gasteiger charge is 2.34. The summed E-state index contributed by atoms with van der Waals surface area (Å²) in [5, 5.41) is 0. The maximum Gasteiger partial charge on any atom is 0.412 e. The second-order valence-electron chi connectivity index (χ2n) is 5.68. The molecule has 0 aliphatic carbocycles. The van der Waals surface area contributed by atoms with Gasteiger partial charge in [-0.15, -0.1) is 0 Å². The number of hydrogen-bond acceptors (Lipinski definition) is 4. The zero-order valence-electron chi connectivity index (χ0n) is 13.6. The lowest BCUT2D eigenvalue weighted by atomic mass is 10.1. The lowest BCUT2D eigenvalue weighted by molar-refractivity contribution is 0.00364. The summed E-state index contributed by atoms with van der Waals surface area (Å²) >= 11 is 0. The molecule has 22 heavy (non-hydrogen) atoms. The van der Waals surface area contributed by atoms with Crippen LogP contribution in [0.1, 0.15) is 45.2 Å². The van der Waals surface area contributed by atoms with Crippen LogP contribution in [0.4, 0.5) is 4.79 Å². The van der Waals surface area contributed by atoms with Crippen molar-refractivity contribution in [3.05, 3.63) is 29.8 Å². The average Bonchev–Trinajstić information content (AvgIpc) is 2.87. The van der Waals surface area contributed by atoms with Gasteiger partial charge in [-0.05, 0) is 38.0 Å². The molecule has 0 radical (unpaired) electrons. The van der Waals surface area contributed by atoms with Crippen molar-refractivity contribution in [2.75, 3.05) is 19.9 Å². The maximum atomic E-state index is 11.8. The number of nitrogens with zero attached hydrogens (tertiary/aromatic N) is 1. The Morgan fingerprint density at radius 2 is 2.05 bits per heavy atom. The third-order valence-electron chi connectivity index (χ3n) is 3.55. The number of hydrogen-bond donors (Lipinski definition) is 0. The molecule has 0 aromatic heterocycles. The molecule has 1 saturated heterocycles. The Bertz CT molecular complexity index is 472. The lowest BCUT2D eigenvalue weighted by Crippen LogP contribution is -2.31. The van der Waals surface area contributed by atoms with Crippen LogP contribution in [0.3, 0.4) is 0 Å². The normalized spacial score (nSPS) is 17.9. The fourth-order valence-corrected chi connectivity index (χ4v) is 2.22. The van der Waals surface area contributed by atoms with Gasteiger partial charge in [-0.2, -0.15) is 0 Å². The van der Waals surface area contributed by atoms with Gasteiger partial charge in [-0.25, -0.2) is 4.79 Å². The van der Waals surface area contributed by atoms with E-state index >= 15 is 0 Å². The van der Waals surface area contributed by atoms with E-state index in [1.54, 1.807) is 4.90 Å². The molecule has 122 valence electrons. The van der Waals surface area contributed by atoms with E-state index in [2.05, 4.69) is 6.92 Å². The maximum absolute atomic E-state index is 11.8. The van der Waals surface area contributed by atoms with Crippen molar-refractivity contribution in [1.82, 2.24) is 4.90 Å². The van der Waals surface area contributed by atoms with Crippen LogP contribution >= 0.6 is 0 Å². The molecule has 0 bridgehead atoms. The molecule has 1 unspecified atom stereocenters. The quantitative estimate of drug-likeness (QED) is 0.686. The van der Waals surface area contributed by atoms with E-state index in [1.807, 2.05) is 38.1 Å². The summed E-state index contributed by atoms with van der Waals surface area (Å²) < 4.78 is 16.3. The fourth-order valence-electron chi connectivity index (χ4n) is 2.22. The van der Waals surface area contributed by atoms with Crippen LogP contribution in [0, 0.1) is 0 Å². The highest BCUT2D eigenvalue weighted by atomic mass is 16.6. The molecule has 0 N–H and O–H groups in total. The van der Waals surface area contributed by atoms with E-state index in [0.29, 0.717) is 6.61 Å². The Labute approximate surface area is 132 Å². The summed E-state index contributed by atoms with van der Waals surface area (Å²) in [6.07, 6.45) is 1.91. The van der Waals surface area contributed by atoms with Crippen molar-refractivity contribution >= 4 is 6.09 Å². The number of amides is 1. The number of ether oxygens (including phenoxy) is 3. The van der Waals surface area contributed by atoms with Crippen molar-refractivity contribution in [2.45, 2.75) is 45.8 Å². The Morgan fingerprint density at radius 3 is 2.68 bits per heavy atom. The molecule has 1 aromatic carbocycles. The summed E-state index contributed by atoms with van der Waals surface area (Å²) in [6, 6.07) is 7.74. The van der Waals surface area contributed by atoms with Crippen molar-refractivity contribution in [3.63, 3.8) is 0 Å². The molecule has 2 rings (SSSR count). The van der Waals surface area contributed by atoms with Crippen molar-refractivity contribution in [2.24, 2.45) is 0 Å². The van der Waals surface area contributed by atoms with E-state index in [0.717, 1.165) is 30.8 Å². The number of carbonyl (C=O) groups is 1. The summed E-state index contributed by atoms with van der Waals surface area (Å²) in [6.45, 7) is 7.36. The van der Waals surface area contributed by atoms with Crippen molar-refractivity contribution < 1.29 is 19.0 Å². The first-order valence-corrected chi connectivity index (χ1v) is 7.89. The standard InChI is InChI=1S/C17H25NO4/c1-4-5-10-20-15-8-6-14(7-9-15)16-11-21-17(19)18(16)12-22-13(2)3/h6-9,13,16H,4-5,10-12H2,1-3H3. The minimum atomic E-state index is -0.325. The third kappa shape index (κ3) is 4.37. The predicted octanol–water partition coefficient (Wildman–Crippen LogP) is 3.74. The average molecular weight is 307 g/mol. The first-order chi connectivity index (χ1) is 10.6. The molecule has 5 nitrogen and oxygen atoms in total. The van der Waals surface area contributed by atoms with Crippen LogP contribution in [-0.4, -0.2) is 37.0 Å². The Balaban J connectivity index is 1.98. The zero-order chi connectivity index (χ0) is 15.9. The van der Waals surface area contributed by atoms with Gasteiger partial charge in [0, 0.05) is 0 Å². The van der Waals surface area contributed by atoms with Gasteiger partial charge in [-0.3, -0.25) is 4.90 Å². The highest BCUT2D eigenvalue weighted by Crippen LogP contribution is 2.29. The summed E-state index contributed by atoms with van der Waals surface area (Å²) in [5.41, 5.74) is 1.03. The molecule has 1 heterocycles. The predicted molar refractivity (Wildman–Crippen MR) is 83.9 cm³/mol. The topological polar surface area (TPSA) is 48.0 Å². The molecule has 0 saturated carbocycles. The summed E-state index contributed by atoms with van der Waals surface area (Å²) in [4.78, 5) is 13.4. The van der Waals surface area contributed by atoms with Crippen LogP contribution in [0.15, 0.2) is 24.3 Å². The van der Waals surface area contributed by atoms with Gasteiger partial charge in [0.25, 0.3) is 0 Å². The number of benzene rings is 1. The van der Waals surface area contributed by atoms with E-state index in [1.165, 1.54) is 0 Å². The first-order valence-electron chi connectivity index (χ1n) is 7.89. The van der Waals surface area contributed by atoms with Crippen LogP contribution in [0.2, 0.25) is 0 Å². The van der Waals surface area contributed by atoms with Gasteiger partial charge in [0.05, 0.1) is 18.8 Å². The van der Waals surface area contributed by atoms with E-state index in [4.69, 9.17) is 14.2 Å². The van der Waals surface area contributed by atoms with E-state index in [-0.39, 0.29) is 25.0 Å². The first kappa shape index (κ1) is 16.6. The SMILES string of the molecule is CCCCOc1ccc(C2COC(=O)N2COC(C)C)cc1. The number of unbranched alkanes of at least 4 members (excludes halogenated alkanes) is 1. The van der Waals surface area contributed by atoms with Gasteiger partial charge in [-0.1, -0.05) is 25.5 Å². The molecule has 1 amide bonds. The molecular weight excluding hydrogens is 282 g/mol. The molecule has 1 aliphatic heterocycles. The highest BCUT2D eigenvalue weighted by molar-refractivity contribution is 5.70. The smallest absolute Gasteiger partial charge is 0.412 e. The van der Waals surface area contributed by atoms with Gasteiger partial charge >= 0.3 is 6.09 Å². The van der Waals surface area contributed by atoms with E-state index in [9.17, 15) is 4.79 Å². The zero-order valence-corrected chi connectivity index (χ0v) is 13.6. The molecule has 1 atom stereocenters. The minimum Gasteiger partial charge on any atom is -0.494 e. The Hall–Kier alpha value is -1.75. The monoisotopic (exact) mass is 307 g/mol. The lowest BCUT2D eigenvalue weighted by Gasteiger charge is -2.22. The summed E-state index contributed by atoms with van der Waals surface area (Å²) in [7, 11) is 0. The van der Waals surface area contributed by atoms with Crippen LogP contribution in [0.25, 0.3) is 0 Å². The van der Waals surface area contributed by atoms with Crippen LogP contribution in [0.5, 0.6) is 5.75 Å². The van der Waals surface area contributed by atoms with Crippen molar-refractivity contribution in [3.8, 4) is 5.75 Å². The molecular formula is C17H25NO4. The summed E-state index contributed by atoms with van der Waals surface area (Å²) in [5.74, 6) is 0.854. The second-order valence-corrected chi connectivity index (χ2v) is 5.68. The van der Waals surface area contributed by atoms with Gasteiger partial charge in [0.1, 0.15) is 19.1 Å². The molecule has 5 heteroatoms. The largest absolute Gasteiger partial charge is 0.494 e. The van der Waals surface area contributed by atoms with Gasteiger partial charge < -0.3 is 14.2 Å². The van der Waals surface area contributed by atoms with E-state index < -0.39 is 0 Å². The molecule has 1 fully saturated rings.